The molecule has 6 nitrogen and oxygen atoms in total. The number of nitrogens with zero attached hydrogens (tertiary/aromatic N) is 3. The lowest BCUT2D eigenvalue weighted by molar-refractivity contribution is 0.0603. The summed E-state index contributed by atoms with van der Waals surface area (Å²) in [6.07, 6.45) is 0.619. The van der Waals surface area contributed by atoms with Crippen LogP contribution >= 0.6 is 38.9 Å². The van der Waals surface area contributed by atoms with Crippen molar-refractivity contribution in [3.8, 4) is 0 Å². The minimum atomic E-state index is -0.485. The minimum Gasteiger partial charge on any atom is -0.330 e. The molecule has 1 atom stereocenters. The average Bonchev–Trinajstić information content (AvgIpc) is 3.37. The Morgan fingerprint density at radius 1 is 1.10 bits per heavy atom. The van der Waals surface area contributed by atoms with Crippen LogP contribution < -0.4 is 11.3 Å². The molecule has 41 heavy (non-hydrogen) atoms. The molecule has 3 aromatic carbocycles. The predicted octanol–water partition coefficient (Wildman–Crippen LogP) is 7.57. The van der Waals surface area contributed by atoms with Crippen LogP contribution in [-0.2, 0) is 6.54 Å². The van der Waals surface area contributed by atoms with Gasteiger partial charge >= 0.3 is 0 Å². The van der Waals surface area contributed by atoms with Crippen molar-refractivity contribution in [1.82, 2.24) is 14.5 Å². The molecule has 0 fully saturated rings. The Morgan fingerprint density at radius 2 is 1.83 bits per heavy atom. The van der Waals surface area contributed by atoms with E-state index in [4.69, 9.17) is 22.3 Å². The highest BCUT2D eigenvalue weighted by Gasteiger charge is 2.33. The number of amides is 1. The highest BCUT2D eigenvalue weighted by Crippen LogP contribution is 2.35. The molecular weight excluding hydrogens is 620 g/mol. The van der Waals surface area contributed by atoms with Crippen molar-refractivity contribution in [3.05, 3.63) is 108 Å². The van der Waals surface area contributed by atoms with Gasteiger partial charge < -0.3 is 10.6 Å². The van der Waals surface area contributed by atoms with Gasteiger partial charge in [0.1, 0.15) is 5.82 Å². The fourth-order valence-corrected chi connectivity index (χ4v) is 6.99. The van der Waals surface area contributed by atoms with E-state index >= 15 is 0 Å². The second-order valence-electron chi connectivity index (χ2n) is 10.6. The minimum absolute atomic E-state index is 0.0519. The largest absolute Gasteiger partial charge is 0.330 e. The van der Waals surface area contributed by atoms with E-state index in [1.165, 1.54) is 11.3 Å². The summed E-state index contributed by atoms with van der Waals surface area (Å²) >= 11 is 11.5. The van der Waals surface area contributed by atoms with Gasteiger partial charge in [-0.05, 0) is 82.8 Å². The van der Waals surface area contributed by atoms with E-state index in [1.54, 1.807) is 4.57 Å². The molecule has 5 aromatic rings. The van der Waals surface area contributed by atoms with E-state index in [2.05, 4.69) is 29.8 Å². The van der Waals surface area contributed by atoms with Crippen molar-refractivity contribution in [2.75, 3.05) is 13.1 Å². The van der Waals surface area contributed by atoms with Crippen LogP contribution in [0.4, 0.5) is 0 Å². The first kappa shape index (κ1) is 29.5. The number of hydrogen-bond acceptors (Lipinski definition) is 5. The van der Waals surface area contributed by atoms with E-state index in [1.807, 2.05) is 78.6 Å². The van der Waals surface area contributed by atoms with E-state index in [-0.39, 0.29) is 17.4 Å². The van der Waals surface area contributed by atoms with E-state index in [0.717, 1.165) is 25.7 Å². The molecule has 2 heterocycles. The Labute approximate surface area is 256 Å². The maximum atomic E-state index is 14.3. The number of carbonyl (C=O) groups excluding carboxylic acids is 1. The Kier molecular flexibility index (Phi) is 8.94. The van der Waals surface area contributed by atoms with Crippen LogP contribution in [0.25, 0.3) is 21.7 Å². The molecule has 0 aliphatic rings. The van der Waals surface area contributed by atoms with E-state index in [0.29, 0.717) is 52.7 Å². The molecule has 2 N–H and O–H groups in total. The third-order valence-corrected chi connectivity index (χ3v) is 9.29. The zero-order valence-electron chi connectivity index (χ0n) is 23.2. The van der Waals surface area contributed by atoms with Gasteiger partial charge in [-0.2, -0.15) is 0 Å². The van der Waals surface area contributed by atoms with Gasteiger partial charge in [-0.15, -0.1) is 11.3 Å². The molecule has 0 spiro atoms. The number of rotatable bonds is 9. The maximum Gasteiger partial charge on any atom is 0.261 e. The second kappa shape index (κ2) is 12.4. The molecule has 2 aromatic heterocycles. The Morgan fingerprint density at radius 3 is 2.49 bits per heavy atom. The monoisotopic (exact) mass is 650 g/mol. The topological polar surface area (TPSA) is 81.2 Å². The lowest BCUT2D eigenvalue weighted by Gasteiger charge is -2.35. The fourth-order valence-electron chi connectivity index (χ4n) is 5.25. The molecule has 212 valence electrons. The zero-order valence-corrected chi connectivity index (χ0v) is 26.4. The molecule has 0 aliphatic heterocycles. The highest BCUT2D eigenvalue weighted by atomic mass is 79.9. The van der Waals surface area contributed by atoms with Crippen LogP contribution in [0, 0.1) is 12.8 Å². The number of thiophene rings is 1. The fraction of sp³-hybridized carbons (Fsp3) is 0.281. The number of halogens is 2. The van der Waals surface area contributed by atoms with Crippen molar-refractivity contribution < 1.29 is 4.79 Å². The van der Waals surface area contributed by atoms with Crippen molar-refractivity contribution in [2.24, 2.45) is 11.7 Å². The molecule has 1 unspecified atom stereocenters. The van der Waals surface area contributed by atoms with E-state index < -0.39 is 6.04 Å². The van der Waals surface area contributed by atoms with Gasteiger partial charge in [-0.1, -0.05) is 67.4 Å². The summed E-state index contributed by atoms with van der Waals surface area (Å²) in [5.41, 5.74) is 8.02. The normalized spacial score (nSPS) is 12.4. The number of aryl methyl sites for hydroxylation is 1. The van der Waals surface area contributed by atoms with Crippen molar-refractivity contribution in [1.29, 1.82) is 0 Å². The first-order chi connectivity index (χ1) is 19.7. The first-order valence-corrected chi connectivity index (χ1v) is 15.6. The number of hydrogen-bond donors (Lipinski definition) is 1. The van der Waals surface area contributed by atoms with Gasteiger partial charge in [0, 0.05) is 17.0 Å². The lowest BCUT2D eigenvalue weighted by atomic mass is 9.98. The molecule has 0 saturated carbocycles. The number of nitrogens with two attached hydrogens (primary N) is 1. The third kappa shape index (κ3) is 5.97. The molecule has 1 amide bonds. The predicted molar refractivity (Wildman–Crippen MR) is 173 cm³/mol. The molecule has 0 bridgehead atoms. The molecule has 0 radical (unpaired) electrons. The summed E-state index contributed by atoms with van der Waals surface area (Å²) in [5, 5.41) is 2.43. The van der Waals surface area contributed by atoms with Crippen molar-refractivity contribution in [3.63, 3.8) is 0 Å². The second-order valence-corrected chi connectivity index (χ2v) is 13.2. The summed E-state index contributed by atoms with van der Waals surface area (Å²) < 4.78 is 3.13. The molecule has 0 saturated heterocycles. The number of benzene rings is 3. The van der Waals surface area contributed by atoms with Crippen LogP contribution in [0.15, 0.2) is 76.0 Å². The Bertz CT molecular complexity index is 1780. The molecule has 0 aliphatic carbocycles. The average molecular weight is 652 g/mol. The van der Waals surface area contributed by atoms with Crippen LogP contribution in [0.1, 0.15) is 52.9 Å². The number of carbonyl (C=O) groups is 1. The first-order valence-electron chi connectivity index (χ1n) is 13.6. The maximum absolute atomic E-state index is 14.3. The van der Waals surface area contributed by atoms with Crippen molar-refractivity contribution >= 4 is 66.5 Å². The summed E-state index contributed by atoms with van der Waals surface area (Å²) in [4.78, 5) is 36.4. The number of aromatic nitrogens is 2. The van der Waals surface area contributed by atoms with Crippen LogP contribution in [-0.4, -0.2) is 33.4 Å². The van der Waals surface area contributed by atoms with Crippen LogP contribution in [0.3, 0.4) is 0 Å². The van der Waals surface area contributed by atoms with Gasteiger partial charge in [0.05, 0.1) is 32.3 Å². The quantitative estimate of drug-likeness (QED) is 0.167. The highest BCUT2D eigenvalue weighted by molar-refractivity contribution is 9.10. The summed E-state index contributed by atoms with van der Waals surface area (Å²) in [6.45, 7) is 7.27. The van der Waals surface area contributed by atoms with Crippen LogP contribution in [0.2, 0.25) is 4.34 Å². The Hall–Kier alpha value is -3.04. The third-order valence-electron chi connectivity index (χ3n) is 7.28. The Balaban J connectivity index is 1.78. The smallest absolute Gasteiger partial charge is 0.261 e. The van der Waals surface area contributed by atoms with Crippen LogP contribution in [0.5, 0.6) is 0 Å². The van der Waals surface area contributed by atoms with E-state index in [9.17, 15) is 9.59 Å². The summed E-state index contributed by atoms with van der Waals surface area (Å²) in [5.74, 6) is 0.370. The SMILES string of the molecule is Cc1ccc(C(=O)N(CCCN)C(c2nc3c(Br)c4ccccc4cc3c(=O)n2Cc2ccc(Cl)s2)C(C)C)cc1. The van der Waals surface area contributed by atoms with Gasteiger partial charge in [-0.25, -0.2) is 4.98 Å². The summed E-state index contributed by atoms with van der Waals surface area (Å²) in [6, 6.07) is 20.7. The molecule has 5 rings (SSSR count). The van der Waals surface area contributed by atoms with Gasteiger partial charge in [-0.3, -0.25) is 14.2 Å². The lowest BCUT2D eigenvalue weighted by Crippen LogP contribution is -2.42. The van der Waals surface area contributed by atoms with Gasteiger partial charge in [0.25, 0.3) is 11.5 Å². The van der Waals surface area contributed by atoms with Gasteiger partial charge in [0.2, 0.25) is 0 Å². The standard InChI is InChI=1S/C32H32BrClN4O2S/c1-19(2)29(37(16-6-15-35)31(39)21-11-9-20(3)10-12-21)30-36-28-25(17-22-7-4-5-8-24(22)27(28)33)32(40)38(30)18-23-13-14-26(34)41-23/h4-5,7-14,17,19,29H,6,15-16,18,35H2,1-3H3. The molecule has 9 heteroatoms. The van der Waals surface area contributed by atoms with Gasteiger partial charge in [0.15, 0.2) is 0 Å². The van der Waals surface area contributed by atoms with Crippen molar-refractivity contribution in [2.45, 2.75) is 39.8 Å². The molecular formula is C32H32BrClN4O2S. The summed E-state index contributed by atoms with van der Waals surface area (Å²) in [7, 11) is 0. The number of fused-ring (bicyclic) bond motifs is 2. The zero-order chi connectivity index (χ0) is 29.3.